The molecule has 7 nitrogen and oxygen atoms in total. The minimum absolute atomic E-state index is 0.0657. The van der Waals surface area contributed by atoms with Gasteiger partial charge in [-0.2, -0.15) is 0 Å². The number of hydrogen-bond acceptors (Lipinski definition) is 4. The van der Waals surface area contributed by atoms with Gasteiger partial charge in [0, 0.05) is 24.3 Å². The number of ether oxygens (including phenoxy) is 1. The minimum atomic E-state index is -0.551. The first-order valence-electron chi connectivity index (χ1n) is 9.20. The zero-order valence-electron chi connectivity index (χ0n) is 15.7. The van der Waals surface area contributed by atoms with Crippen molar-refractivity contribution < 1.29 is 19.1 Å². The maximum Gasteiger partial charge on any atom is 0.265 e. The molecule has 0 unspecified atom stereocenters. The number of fused-ring (bicyclic) bond motifs is 1. The lowest BCUT2D eigenvalue weighted by molar-refractivity contribution is -0.122. The number of nitrogens with zero attached hydrogens (tertiary/aromatic N) is 1. The summed E-state index contributed by atoms with van der Waals surface area (Å²) in [7, 11) is 0. The molecule has 2 aromatic rings. The molecule has 7 heteroatoms. The molecule has 2 N–H and O–H groups in total. The predicted octanol–water partition coefficient (Wildman–Crippen LogP) is 2.71. The molecule has 144 valence electrons. The summed E-state index contributed by atoms with van der Waals surface area (Å²) in [5.41, 5.74) is 2.98. The van der Waals surface area contributed by atoms with E-state index in [9.17, 15) is 14.4 Å². The molecule has 0 bridgehead atoms. The molecule has 2 aliphatic heterocycles. The third-order valence-electron chi connectivity index (χ3n) is 5.02. The second kappa shape index (κ2) is 6.99. The number of aryl methyl sites for hydroxylation is 1. The maximum atomic E-state index is 12.7. The number of anilines is 3. The summed E-state index contributed by atoms with van der Waals surface area (Å²) in [5.74, 6) is -0.392. The third kappa shape index (κ3) is 3.43. The van der Waals surface area contributed by atoms with E-state index in [1.807, 2.05) is 31.2 Å². The monoisotopic (exact) mass is 379 g/mol. The molecule has 1 fully saturated rings. The Morgan fingerprint density at radius 2 is 1.93 bits per heavy atom. The summed E-state index contributed by atoms with van der Waals surface area (Å²) >= 11 is 0. The van der Waals surface area contributed by atoms with E-state index in [2.05, 4.69) is 10.6 Å². The lowest BCUT2D eigenvalue weighted by Gasteiger charge is -2.24. The Kier molecular flexibility index (Phi) is 4.50. The first-order valence-corrected chi connectivity index (χ1v) is 9.20. The average Bonchev–Trinajstić information content (AvgIpc) is 3.05. The van der Waals surface area contributed by atoms with E-state index in [0.717, 1.165) is 11.3 Å². The second-order valence-corrected chi connectivity index (χ2v) is 7.19. The van der Waals surface area contributed by atoms with Gasteiger partial charge in [-0.3, -0.25) is 14.4 Å². The summed E-state index contributed by atoms with van der Waals surface area (Å²) < 4.78 is 5.51. The van der Waals surface area contributed by atoms with Crippen molar-refractivity contribution in [3.05, 3.63) is 48.0 Å². The molecule has 2 aliphatic rings. The molecular weight excluding hydrogens is 358 g/mol. The number of hydrogen-bond donors (Lipinski definition) is 2. The minimum Gasteiger partial charge on any atom is -0.479 e. The fourth-order valence-electron chi connectivity index (χ4n) is 3.39. The van der Waals surface area contributed by atoms with Crippen molar-refractivity contribution in [2.75, 3.05) is 22.1 Å². The smallest absolute Gasteiger partial charge is 0.265 e. The number of carbonyl (C=O) groups excluding carboxylic acids is 3. The van der Waals surface area contributed by atoms with E-state index in [1.54, 1.807) is 30.0 Å². The van der Waals surface area contributed by atoms with Crippen LogP contribution in [0.2, 0.25) is 0 Å². The number of rotatable bonds is 3. The highest BCUT2D eigenvalue weighted by Gasteiger charge is 2.35. The Morgan fingerprint density at radius 1 is 1.18 bits per heavy atom. The Balaban J connectivity index is 1.44. The van der Waals surface area contributed by atoms with Gasteiger partial charge in [0.1, 0.15) is 5.75 Å². The third-order valence-corrected chi connectivity index (χ3v) is 5.02. The number of benzene rings is 2. The van der Waals surface area contributed by atoms with E-state index in [0.29, 0.717) is 23.7 Å². The van der Waals surface area contributed by atoms with Gasteiger partial charge in [0.15, 0.2) is 6.10 Å². The van der Waals surface area contributed by atoms with E-state index in [4.69, 9.17) is 4.74 Å². The van der Waals surface area contributed by atoms with Gasteiger partial charge in [-0.25, -0.2) is 0 Å². The van der Waals surface area contributed by atoms with Crippen LogP contribution in [0.3, 0.4) is 0 Å². The first kappa shape index (κ1) is 18.0. The Labute approximate surface area is 162 Å². The van der Waals surface area contributed by atoms with Crippen molar-refractivity contribution in [2.45, 2.75) is 26.4 Å². The lowest BCUT2D eigenvalue weighted by Crippen LogP contribution is -2.34. The number of carbonyl (C=O) groups is 3. The van der Waals surface area contributed by atoms with E-state index in [1.165, 1.54) is 0 Å². The van der Waals surface area contributed by atoms with Crippen molar-refractivity contribution in [3.63, 3.8) is 0 Å². The van der Waals surface area contributed by atoms with Crippen molar-refractivity contribution in [3.8, 4) is 5.75 Å². The van der Waals surface area contributed by atoms with E-state index >= 15 is 0 Å². The van der Waals surface area contributed by atoms with Gasteiger partial charge in [-0.05, 0) is 44.2 Å². The molecule has 28 heavy (non-hydrogen) atoms. The summed E-state index contributed by atoms with van der Waals surface area (Å²) in [6, 6.07) is 12.8. The molecule has 0 saturated carbocycles. The molecule has 2 heterocycles. The maximum absolute atomic E-state index is 12.7. The van der Waals surface area contributed by atoms with Gasteiger partial charge < -0.3 is 20.3 Å². The second-order valence-electron chi connectivity index (χ2n) is 7.19. The largest absolute Gasteiger partial charge is 0.479 e. The Bertz CT molecular complexity index is 955. The molecule has 2 atom stereocenters. The van der Waals surface area contributed by atoms with Crippen LogP contribution in [0.4, 0.5) is 17.1 Å². The van der Waals surface area contributed by atoms with Gasteiger partial charge in [-0.15, -0.1) is 0 Å². The van der Waals surface area contributed by atoms with Crippen LogP contribution in [0.25, 0.3) is 0 Å². The van der Waals surface area contributed by atoms with Crippen molar-refractivity contribution in [1.29, 1.82) is 0 Å². The average molecular weight is 379 g/mol. The van der Waals surface area contributed by atoms with Crippen LogP contribution in [0, 0.1) is 12.8 Å². The fourth-order valence-corrected chi connectivity index (χ4v) is 3.39. The van der Waals surface area contributed by atoms with Crippen LogP contribution in [-0.4, -0.2) is 30.4 Å². The van der Waals surface area contributed by atoms with Crippen LogP contribution in [0.15, 0.2) is 42.5 Å². The zero-order chi connectivity index (χ0) is 19.8. The van der Waals surface area contributed by atoms with Crippen molar-refractivity contribution in [2.24, 2.45) is 5.92 Å². The lowest BCUT2D eigenvalue weighted by atomic mass is 10.1. The molecule has 0 radical (unpaired) electrons. The molecule has 1 saturated heterocycles. The number of amides is 3. The van der Waals surface area contributed by atoms with Crippen molar-refractivity contribution >= 4 is 34.8 Å². The molecule has 0 aromatic heterocycles. The molecule has 0 aliphatic carbocycles. The van der Waals surface area contributed by atoms with Crippen molar-refractivity contribution in [1.82, 2.24) is 0 Å². The van der Waals surface area contributed by atoms with Crippen LogP contribution in [0.5, 0.6) is 5.75 Å². The van der Waals surface area contributed by atoms with Gasteiger partial charge in [0.2, 0.25) is 11.8 Å². The zero-order valence-corrected chi connectivity index (χ0v) is 15.7. The van der Waals surface area contributed by atoms with E-state index < -0.39 is 12.0 Å². The normalized spacial score (nSPS) is 21.0. The SMILES string of the molecule is Cc1ccc(N2C[C@H](C(=O)Nc3ccc4c(c3)NC(=O)[C@H](C)O4)CC2=O)cc1. The summed E-state index contributed by atoms with van der Waals surface area (Å²) in [5, 5.41) is 5.59. The Hall–Kier alpha value is -3.35. The molecule has 0 spiro atoms. The summed E-state index contributed by atoms with van der Waals surface area (Å²) in [6.07, 6.45) is -0.382. The van der Waals surface area contributed by atoms with Crippen LogP contribution in [-0.2, 0) is 14.4 Å². The van der Waals surface area contributed by atoms with Gasteiger partial charge in [-0.1, -0.05) is 17.7 Å². The molecule has 3 amide bonds. The quantitative estimate of drug-likeness (QED) is 0.858. The molecule has 2 aromatic carbocycles. The standard InChI is InChI=1S/C21H21N3O4/c1-12-3-6-16(7-4-12)24-11-14(9-19(24)25)21(27)22-15-5-8-18-17(10-15)23-20(26)13(2)28-18/h3-8,10,13-14H,9,11H2,1-2H3,(H,22,27)(H,23,26)/t13-,14+/m0/s1. The molecule has 4 rings (SSSR count). The van der Waals surface area contributed by atoms with Crippen LogP contribution < -0.4 is 20.3 Å². The van der Waals surface area contributed by atoms with Gasteiger partial charge >= 0.3 is 0 Å². The van der Waals surface area contributed by atoms with Gasteiger partial charge in [0.25, 0.3) is 5.91 Å². The highest BCUT2D eigenvalue weighted by molar-refractivity contribution is 6.04. The Morgan fingerprint density at radius 3 is 2.68 bits per heavy atom. The predicted molar refractivity (Wildman–Crippen MR) is 105 cm³/mol. The fraction of sp³-hybridized carbons (Fsp3) is 0.286. The van der Waals surface area contributed by atoms with E-state index in [-0.39, 0.29) is 24.1 Å². The van der Waals surface area contributed by atoms with Crippen LogP contribution >= 0.6 is 0 Å². The highest BCUT2D eigenvalue weighted by Crippen LogP contribution is 2.33. The summed E-state index contributed by atoms with van der Waals surface area (Å²) in [6.45, 7) is 4.00. The summed E-state index contributed by atoms with van der Waals surface area (Å²) in [4.78, 5) is 38.4. The topological polar surface area (TPSA) is 87.7 Å². The first-order chi connectivity index (χ1) is 13.4. The van der Waals surface area contributed by atoms with Crippen LogP contribution in [0.1, 0.15) is 18.9 Å². The van der Waals surface area contributed by atoms with Gasteiger partial charge in [0.05, 0.1) is 11.6 Å². The number of nitrogens with one attached hydrogen (secondary N) is 2. The highest BCUT2D eigenvalue weighted by atomic mass is 16.5. The molecular formula is C21H21N3O4.